The van der Waals surface area contributed by atoms with Crippen LogP contribution in [0.5, 0.6) is 0 Å². The van der Waals surface area contributed by atoms with E-state index in [0.29, 0.717) is 6.42 Å². The van der Waals surface area contributed by atoms with E-state index in [2.05, 4.69) is 70.9 Å². The van der Waals surface area contributed by atoms with E-state index in [4.69, 9.17) is 4.74 Å². The third-order valence-electron chi connectivity index (χ3n) is 5.91. The largest absolute Gasteiger partial charge is 0.381 e. The van der Waals surface area contributed by atoms with Crippen LogP contribution in [-0.2, 0) is 16.0 Å². The molecule has 0 aliphatic carbocycles. The van der Waals surface area contributed by atoms with Crippen LogP contribution in [0.3, 0.4) is 0 Å². The number of nitrogens with zero attached hydrogens (tertiary/aromatic N) is 1. The van der Waals surface area contributed by atoms with Crippen molar-refractivity contribution in [2.75, 3.05) is 19.8 Å². The molecule has 0 radical (unpaired) electrons. The summed E-state index contributed by atoms with van der Waals surface area (Å²) in [6.45, 7) is 2.27. The topological polar surface area (TPSA) is 29.5 Å². The fraction of sp³-hybridized carbons (Fsp3) is 0.346. The van der Waals surface area contributed by atoms with Gasteiger partial charge in [-0.3, -0.25) is 4.79 Å². The number of carbonyl (C=O) groups is 1. The van der Waals surface area contributed by atoms with Crippen LogP contribution in [-0.4, -0.2) is 36.6 Å². The predicted molar refractivity (Wildman–Crippen MR) is 123 cm³/mol. The highest BCUT2D eigenvalue weighted by atomic mass is 32.1. The maximum atomic E-state index is 13.6. The van der Waals surface area contributed by atoms with Crippen molar-refractivity contribution in [3.63, 3.8) is 0 Å². The number of carbonyl (C=O) groups excluding carboxylic acids is 1. The van der Waals surface area contributed by atoms with Gasteiger partial charge in [-0.1, -0.05) is 66.7 Å². The summed E-state index contributed by atoms with van der Waals surface area (Å²) in [4.78, 5) is 17.1. The predicted octanol–water partition coefficient (Wildman–Crippen LogP) is 5.52. The van der Waals surface area contributed by atoms with E-state index >= 15 is 0 Å². The second kappa shape index (κ2) is 10.6. The van der Waals surface area contributed by atoms with Crippen LogP contribution in [0.15, 0.2) is 78.2 Å². The van der Waals surface area contributed by atoms with Gasteiger partial charge in [-0.15, -0.1) is 11.3 Å². The molecule has 0 N–H and O–H groups in total. The highest BCUT2D eigenvalue weighted by molar-refractivity contribution is 7.09. The van der Waals surface area contributed by atoms with Gasteiger partial charge in [0.15, 0.2) is 0 Å². The normalized spacial score (nSPS) is 14.7. The van der Waals surface area contributed by atoms with Gasteiger partial charge in [-0.05, 0) is 41.8 Å². The summed E-state index contributed by atoms with van der Waals surface area (Å²) in [5, 5.41) is 2.11. The molecule has 2 aromatic carbocycles. The molecular formula is C26H29NO2S. The Morgan fingerprint density at radius 1 is 0.933 bits per heavy atom. The van der Waals surface area contributed by atoms with Gasteiger partial charge >= 0.3 is 0 Å². The van der Waals surface area contributed by atoms with Crippen molar-refractivity contribution >= 4 is 17.2 Å². The van der Waals surface area contributed by atoms with Crippen molar-refractivity contribution in [3.8, 4) is 0 Å². The van der Waals surface area contributed by atoms with Crippen molar-refractivity contribution in [2.45, 2.75) is 37.6 Å². The maximum Gasteiger partial charge on any atom is 0.223 e. The Morgan fingerprint density at radius 2 is 1.57 bits per heavy atom. The van der Waals surface area contributed by atoms with Crippen LogP contribution in [0.25, 0.3) is 0 Å². The molecule has 0 saturated carbocycles. The summed E-state index contributed by atoms with van der Waals surface area (Å²) in [5.74, 6) is 0.320. The van der Waals surface area contributed by atoms with Gasteiger partial charge < -0.3 is 9.64 Å². The summed E-state index contributed by atoms with van der Waals surface area (Å²) in [7, 11) is 0. The van der Waals surface area contributed by atoms with E-state index in [1.807, 2.05) is 12.1 Å². The van der Waals surface area contributed by atoms with E-state index < -0.39 is 0 Å². The van der Waals surface area contributed by atoms with Crippen LogP contribution in [0.4, 0.5) is 0 Å². The zero-order valence-corrected chi connectivity index (χ0v) is 18.1. The first-order chi connectivity index (χ1) is 14.8. The zero-order valence-electron chi connectivity index (χ0n) is 17.3. The second-order valence-electron chi connectivity index (χ2n) is 7.84. The van der Waals surface area contributed by atoms with Crippen LogP contribution in [0, 0.1) is 0 Å². The fourth-order valence-electron chi connectivity index (χ4n) is 4.28. The quantitative estimate of drug-likeness (QED) is 0.481. The highest BCUT2D eigenvalue weighted by Gasteiger charge is 2.28. The zero-order chi connectivity index (χ0) is 20.6. The number of amides is 1. The number of hydrogen-bond donors (Lipinski definition) is 0. The molecule has 4 heteroatoms. The molecule has 1 saturated heterocycles. The number of rotatable bonds is 8. The van der Waals surface area contributed by atoms with Crippen LogP contribution >= 0.6 is 11.3 Å². The van der Waals surface area contributed by atoms with Gasteiger partial charge in [0.1, 0.15) is 0 Å². The van der Waals surface area contributed by atoms with E-state index in [9.17, 15) is 4.79 Å². The van der Waals surface area contributed by atoms with Gasteiger partial charge in [-0.2, -0.15) is 0 Å². The lowest BCUT2D eigenvalue weighted by Crippen LogP contribution is -2.45. The Morgan fingerprint density at radius 3 is 2.13 bits per heavy atom. The van der Waals surface area contributed by atoms with Crippen molar-refractivity contribution < 1.29 is 9.53 Å². The first-order valence-corrected chi connectivity index (χ1v) is 11.7. The van der Waals surface area contributed by atoms with E-state index in [1.54, 1.807) is 11.3 Å². The number of thiophene rings is 1. The molecule has 0 bridgehead atoms. The lowest BCUT2D eigenvalue weighted by Gasteiger charge is -2.35. The van der Waals surface area contributed by atoms with Gasteiger partial charge in [0, 0.05) is 43.0 Å². The molecule has 0 atom stereocenters. The molecule has 1 aliphatic rings. The van der Waals surface area contributed by atoms with E-state index in [-0.39, 0.29) is 17.9 Å². The Bertz CT molecular complexity index is 850. The summed E-state index contributed by atoms with van der Waals surface area (Å²) < 4.78 is 5.56. The lowest BCUT2D eigenvalue weighted by molar-refractivity contribution is -0.135. The molecular weight excluding hydrogens is 390 g/mol. The van der Waals surface area contributed by atoms with Gasteiger partial charge in [0.25, 0.3) is 0 Å². The van der Waals surface area contributed by atoms with Crippen LogP contribution in [0.1, 0.15) is 41.2 Å². The maximum absolute atomic E-state index is 13.6. The standard InChI is InChI=1S/C26H29NO2S/c28-26(20-25(21-8-3-1-4-9-21)22-10-5-2-6-11-22)27(23-14-17-29-18-15-23)16-13-24-12-7-19-30-24/h1-12,19,23,25H,13-18,20H2. The third kappa shape index (κ3) is 5.38. The molecule has 1 aromatic heterocycles. The Hall–Kier alpha value is -2.43. The molecule has 3 aromatic rings. The molecule has 4 rings (SSSR count). The molecule has 0 spiro atoms. The fourth-order valence-corrected chi connectivity index (χ4v) is 4.98. The Kier molecular flexibility index (Phi) is 7.33. The van der Waals surface area contributed by atoms with Crippen molar-refractivity contribution in [2.24, 2.45) is 0 Å². The average Bonchev–Trinajstić information content (AvgIpc) is 3.33. The van der Waals surface area contributed by atoms with E-state index in [1.165, 1.54) is 16.0 Å². The monoisotopic (exact) mass is 419 g/mol. The first-order valence-electron chi connectivity index (χ1n) is 10.8. The molecule has 1 fully saturated rings. The first kappa shape index (κ1) is 20.8. The van der Waals surface area contributed by atoms with Gasteiger partial charge in [-0.25, -0.2) is 0 Å². The average molecular weight is 420 g/mol. The number of ether oxygens (including phenoxy) is 1. The van der Waals surface area contributed by atoms with Gasteiger partial charge in [0.2, 0.25) is 5.91 Å². The Labute approximate surface area is 183 Å². The minimum absolute atomic E-state index is 0.0731. The molecule has 2 heterocycles. The summed E-state index contributed by atoms with van der Waals surface area (Å²) in [6.07, 6.45) is 3.27. The van der Waals surface area contributed by atoms with Crippen LogP contribution in [0.2, 0.25) is 0 Å². The SMILES string of the molecule is O=C(CC(c1ccccc1)c1ccccc1)N(CCc1cccs1)C1CCOCC1. The minimum Gasteiger partial charge on any atom is -0.381 e. The molecule has 0 unspecified atom stereocenters. The van der Waals surface area contributed by atoms with Crippen molar-refractivity contribution in [1.82, 2.24) is 4.90 Å². The smallest absolute Gasteiger partial charge is 0.223 e. The number of benzene rings is 2. The van der Waals surface area contributed by atoms with Crippen LogP contribution < -0.4 is 0 Å². The number of hydrogen-bond acceptors (Lipinski definition) is 3. The molecule has 1 amide bonds. The summed E-state index contributed by atoms with van der Waals surface area (Å²) >= 11 is 1.77. The Balaban J connectivity index is 1.55. The minimum atomic E-state index is 0.0731. The molecule has 156 valence electrons. The molecule has 30 heavy (non-hydrogen) atoms. The summed E-state index contributed by atoms with van der Waals surface area (Å²) in [5.41, 5.74) is 2.39. The van der Waals surface area contributed by atoms with Crippen molar-refractivity contribution in [1.29, 1.82) is 0 Å². The molecule has 1 aliphatic heterocycles. The van der Waals surface area contributed by atoms with Crippen molar-refractivity contribution in [3.05, 3.63) is 94.2 Å². The summed E-state index contributed by atoms with van der Waals surface area (Å²) in [6, 6.07) is 25.4. The van der Waals surface area contributed by atoms with E-state index in [0.717, 1.165) is 39.0 Å². The third-order valence-corrected chi connectivity index (χ3v) is 6.85. The lowest BCUT2D eigenvalue weighted by atomic mass is 9.88. The van der Waals surface area contributed by atoms with Gasteiger partial charge in [0.05, 0.1) is 0 Å². The second-order valence-corrected chi connectivity index (χ2v) is 8.87. The molecule has 3 nitrogen and oxygen atoms in total. The highest BCUT2D eigenvalue weighted by Crippen LogP contribution is 2.30.